The highest BCUT2D eigenvalue weighted by molar-refractivity contribution is 4.85. The Balaban J connectivity index is 0. The summed E-state index contributed by atoms with van der Waals surface area (Å²) in [4.78, 5) is 0. The summed E-state index contributed by atoms with van der Waals surface area (Å²) in [7, 11) is 0. The molecule has 0 saturated carbocycles. The second kappa shape index (κ2) is 10.5. The Labute approximate surface area is 76.8 Å². The van der Waals surface area contributed by atoms with Gasteiger partial charge >= 0.3 is 0 Å². The predicted molar refractivity (Wildman–Crippen MR) is 55.0 cm³/mol. The summed E-state index contributed by atoms with van der Waals surface area (Å²) in [6.07, 6.45) is 1.79. The van der Waals surface area contributed by atoms with Crippen molar-refractivity contribution in [2.45, 2.75) is 46.6 Å². The Morgan fingerprint density at radius 2 is 2.00 bits per heavy atom. The van der Waals surface area contributed by atoms with Crippen LogP contribution in [-0.2, 0) is 4.74 Å². The van der Waals surface area contributed by atoms with Gasteiger partial charge in [0.1, 0.15) is 0 Å². The van der Waals surface area contributed by atoms with Crippen molar-refractivity contribution in [3.05, 3.63) is 12.3 Å². The second-order valence-electron chi connectivity index (χ2n) is 2.57. The molecule has 0 heterocycles. The molecule has 0 aliphatic heterocycles. The number of hydrogen-bond donors (Lipinski definition) is 1. The molecule has 0 aromatic rings. The van der Waals surface area contributed by atoms with Crippen LogP contribution in [0.2, 0.25) is 0 Å². The van der Waals surface area contributed by atoms with Crippen molar-refractivity contribution in [3.8, 4) is 0 Å². The molecule has 0 fully saturated rings. The van der Waals surface area contributed by atoms with Gasteiger partial charge in [-0.1, -0.05) is 27.4 Å². The third-order valence-corrected chi connectivity index (χ3v) is 1.06. The van der Waals surface area contributed by atoms with E-state index in [1.54, 1.807) is 0 Å². The average Bonchev–Trinajstić information content (AvgIpc) is 2.03. The van der Waals surface area contributed by atoms with Gasteiger partial charge in [-0.2, -0.15) is 0 Å². The van der Waals surface area contributed by atoms with Crippen LogP contribution in [-0.4, -0.2) is 12.6 Å². The van der Waals surface area contributed by atoms with Crippen molar-refractivity contribution in [2.24, 2.45) is 5.73 Å². The van der Waals surface area contributed by atoms with E-state index in [1.807, 2.05) is 20.8 Å². The van der Waals surface area contributed by atoms with E-state index in [4.69, 9.17) is 10.5 Å². The van der Waals surface area contributed by atoms with Crippen LogP contribution >= 0.6 is 0 Å². The van der Waals surface area contributed by atoms with E-state index in [0.717, 1.165) is 25.2 Å². The van der Waals surface area contributed by atoms with Crippen molar-refractivity contribution < 1.29 is 4.74 Å². The Kier molecular flexibility index (Phi) is 12.3. The summed E-state index contributed by atoms with van der Waals surface area (Å²) >= 11 is 0. The normalized spacial score (nSPS) is 11.1. The molecule has 0 amide bonds. The van der Waals surface area contributed by atoms with E-state index in [-0.39, 0.29) is 6.04 Å². The Hall–Kier alpha value is -0.500. The minimum absolute atomic E-state index is 0.157. The Morgan fingerprint density at radius 3 is 2.33 bits per heavy atom. The minimum Gasteiger partial charge on any atom is -0.499 e. The predicted octanol–water partition coefficient (Wildman–Crippen LogP) is 2.69. The highest BCUT2D eigenvalue weighted by Crippen LogP contribution is 2.02. The number of nitrogens with two attached hydrogens (primary N) is 1. The standard InChI is InChI=1S/C8H17NO.C2H6/c1-4-5-10-8(3)6-7(2)9;1-2/h7H,3-6,9H2,1-2H3;1-2H3. The molecule has 2 heteroatoms. The first kappa shape index (κ1) is 14.0. The van der Waals surface area contributed by atoms with Crippen molar-refractivity contribution in [3.63, 3.8) is 0 Å². The maximum Gasteiger partial charge on any atom is 0.0903 e. The third kappa shape index (κ3) is 12.2. The summed E-state index contributed by atoms with van der Waals surface area (Å²) in [5.74, 6) is 0.803. The second-order valence-corrected chi connectivity index (χ2v) is 2.57. The van der Waals surface area contributed by atoms with Crippen LogP contribution in [0.4, 0.5) is 0 Å². The van der Waals surface area contributed by atoms with Crippen LogP contribution in [0.25, 0.3) is 0 Å². The van der Waals surface area contributed by atoms with E-state index in [0.29, 0.717) is 0 Å². The zero-order chi connectivity index (χ0) is 9.98. The molecule has 0 bridgehead atoms. The summed E-state index contributed by atoms with van der Waals surface area (Å²) < 4.78 is 5.23. The largest absolute Gasteiger partial charge is 0.499 e. The number of ether oxygens (including phenoxy) is 1. The topological polar surface area (TPSA) is 35.2 Å². The van der Waals surface area contributed by atoms with Gasteiger partial charge in [0.25, 0.3) is 0 Å². The van der Waals surface area contributed by atoms with Crippen LogP contribution in [0.15, 0.2) is 12.3 Å². The fraction of sp³-hybridized carbons (Fsp3) is 0.800. The molecule has 1 unspecified atom stereocenters. The van der Waals surface area contributed by atoms with Gasteiger partial charge in [-0.15, -0.1) is 0 Å². The van der Waals surface area contributed by atoms with Gasteiger partial charge in [0, 0.05) is 12.5 Å². The lowest BCUT2D eigenvalue weighted by Crippen LogP contribution is -2.15. The van der Waals surface area contributed by atoms with E-state index >= 15 is 0 Å². The molecule has 0 spiro atoms. The van der Waals surface area contributed by atoms with Gasteiger partial charge in [0.05, 0.1) is 12.4 Å². The first-order chi connectivity index (χ1) is 5.66. The highest BCUT2D eigenvalue weighted by atomic mass is 16.5. The quantitative estimate of drug-likeness (QED) is 0.649. The summed E-state index contributed by atoms with van der Waals surface area (Å²) in [5, 5.41) is 0. The lowest BCUT2D eigenvalue weighted by atomic mass is 10.2. The maximum atomic E-state index is 5.52. The lowest BCUT2D eigenvalue weighted by Gasteiger charge is -2.09. The first-order valence-corrected chi connectivity index (χ1v) is 4.73. The summed E-state index contributed by atoms with van der Waals surface area (Å²) in [5.41, 5.74) is 5.52. The minimum atomic E-state index is 0.157. The molecule has 0 aromatic carbocycles. The van der Waals surface area contributed by atoms with E-state index in [2.05, 4.69) is 13.5 Å². The Morgan fingerprint density at radius 1 is 1.50 bits per heavy atom. The molecule has 0 aliphatic rings. The van der Waals surface area contributed by atoms with E-state index in [1.165, 1.54) is 0 Å². The molecule has 0 radical (unpaired) electrons. The zero-order valence-corrected chi connectivity index (χ0v) is 8.89. The summed E-state index contributed by atoms with van der Waals surface area (Å²) in [6.45, 7) is 12.5. The lowest BCUT2D eigenvalue weighted by molar-refractivity contribution is 0.201. The van der Waals surface area contributed by atoms with Gasteiger partial charge in [-0.25, -0.2) is 0 Å². The monoisotopic (exact) mass is 173 g/mol. The highest BCUT2D eigenvalue weighted by Gasteiger charge is 1.97. The molecular weight excluding hydrogens is 150 g/mol. The van der Waals surface area contributed by atoms with E-state index < -0.39 is 0 Å². The molecule has 0 aliphatic carbocycles. The SMILES string of the molecule is C=C(CC(C)N)OCCC.CC. The van der Waals surface area contributed by atoms with Crippen molar-refractivity contribution >= 4 is 0 Å². The van der Waals surface area contributed by atoms with Crippen molar-refractivity contribution in [1.29, 1.82) is 0 Å². The molecule has 12 heavy (non-hydrogen) atoms. The van der Waals surface area contributed by atoms with Gasteiger partial charge in [-0.3, -0.25) is 0 Å². The van der Waals surface area contributed by atoms with Gasteiger partial charge < -0.3 is 10.5 Å². The first-order valence-electron chi connectivity index (χ1n) is 4.73. The average molecular weight is 173 g/mol. The summed E-state index contributed by atoms with van der Waals surface area (Å²) in [6, 6.07) is 0.157. The van der Waals surface area contributed by atoms with Crippen molar-refractivity contribution in [2.75, 3.05) is 6.61 Å². The fourth-order valence-corrected chi connectivity index (χ4v) is 0.664. The third-order valence-electron chi connectivity index (χ3n) is 1.06. The van der Waals surface area contributed by atoms with Crippen LogP contribution in [0.5, 0.6) is 0 Å². The van der Waals surface area contributed by atoms with Gasteiger partial charge in [-0.05, 0) is 13.3 Å². The number of hydrogen-bond acceptors (Lipinski definition) is 2. The molecule has 74 valence electrons. The number of rotatable bonds is 5. The van der Waals surface area contributed by atoms with Gasteiger partial charge in [0.15, 0.2) is 0 Å². The Bertz CT molecular complexity index is 100. The van der Waals surface area contributed by atoms with Crippen LogP contribution in [0, 0.1) is 0 Å². The maximum absolute atomic E-state index is 5.52. The van der Waals surface area contributed by atoms with Crippen molar-refractivity contribution in [1.82, 2.24) is 0 Å². The van der Waals surface area contributed by atoms with Gasteiger partial charge in [0.2, 0.25) is 0 Å². The molecule has 0 aromatic heterocycles. The van der Waals surface area contributed by atoms with Crippen LogP contribution in [0.3, 0.4) is 0 Å². The molecular formula is C10H23NO. The van der Waals surface area contributed by atoms with Crippen LogP contribution in [0.1, 0.15) is 40.5 Å². The molecule has 0 saturated heterocycles. The van der Waals surface area contributed by atoms with Crippen LogP contribution < -0.4 is 5.73 Å². The molecule has 2 nitrogen and oxygen atoms in total. The molecule has 0 rings (SSSR count). The zero-order valence-electron chi connectivity index (χ0n) is 8.89. The smallest absolute Gasteiger partial charge is 0.0903 e. The van der Waals surface area contributed by atoms with E-state index in [9.17, 15) is 0 Å². The fourth-order valence-electron chi connectivity index (χ4n) is 0.664. The molecule has 2 N–H and O–H groups in total. The molecule has 1 atom stereocenters.